The van der Waals surface area contributed by atoms with Crippen molar-refractivity contribution in [3.05, 3.63) is 58.9 Å². The average Bonchev–Trinajstić information content (AvgIpc) is 3.28. The van der Waals surface area contributed by atoms with Crippen LogP contribution < -0.4 is 5.32 Å². The lowest BCUT2D eigenvalue weighted by Crippen LogP contribution is -2.43. The van der Waals surface area contributed by atoms with E-state index in [2.05, 4.69) is 20.4 Å². The molecule has 1 aromatic carbocycles. The highest BCUT2D eigenvalue weighted by molar-refractivity contribution is 6.02. The van der Waals surface area contributed by atoms with E-state index >= 15 is 0 Å². The van der Waals surface area contributed by atoms with Crippen LogP contribution in [0.3, 0.4) is 0 Å². The highest BCUT2D eigenvalue weighted by Gasteiger charge is 2.35. The Morgan fingerprint density at radius 2 is 2.00 bits per heavy atom. The number of aliphatic hydroxyl groups excluding tert-OH is 1. The first-order valence-electron chi connectivity index (χ1n) is 9.97. The number of hydrogen-bond donors (Lipinski definition) is 2. The number of hydrogen-bond acceptors (Lipinski definition) is 8. The predicted octanol–water partition coefficient (Wildman–Crippen LogP) is 1.12. The van der Waals surface area contributed by atoms with Crippen molar-refractivity contribution in [2.24, 2.45) is 5.16 Å². The van der Waals surface area contributed by atoms with Crippen LogP contribution in [0.25, 0.3) is 0 Å². The third-order valence-corrected chi connectivity index (χ3v) is 5.04. The minimum Gasteiger partial charge on any atom is -0.394 e. The van der Waals surface area contributed by atoms with Gasteiger partial charge in [-0.25, -0.2) is 14.4 Å². The molecular weight excluding hydrogens is 407 g/mol. The van der Waals surface area contributed by atoms with Gasteiger partial charge in [-0.1, -0.05) is 17.3 Å². The van der Waals surface area contributed by atoms with Crippen molar-refractivity contribution in [1.82, 2.24) is 15.3 Å². The first kappa shape index (κ1) is 21.3. The standard InChI is InChI=1S/C21H23FN4O5/c1-12-24-16(17-7-19(31-26-17)20-11-29-15(9-27)10-30-20)6-18(25-12)21(28)23-8-13-2-4-14(22)5-3-13/h2-6,15,19-20,27H,7-11H2,1H3,(H,23,28)/t15-,19-,20+/m0/s1. The lowest BCUT2D eigenvalue weighted by atomic mass is 10.0. The maximum atomic E-state index is 13.0. The Labute approximate surface area is 178 Å². The van der Waals surface area contributed by atoms with E-state index in [9.17, 15) is 9.18 Å². The lowest BCUT2D eigenvalue weighted by Gasteiger charge is -2.30. The summed E-state index contributed by atoms with van der Waals surface area (Å²) < 4.78 is 24.3. The van der Waals surface area contributed by atoms with Crippen molar-refractivity contribution in [2.45, 2.75) is 38.2 Å². The topological polar surface area (TPSA) is 115 Å². The predicted molar refractivity (Wildman–Crippen MR) is 107 cm³/mol. The molecule has 0 radical (unpaired) electrons. The smallest absolute Gasteiger partial charge is 0.270 e. The second-order valence-electron chi connectivity index (χ2n) is 7.39. The second-order valence-corrected chi connectivity index (χ2v) is 7.39. The van der Waals surface area contributed by atoms with Gasteiger partial charge in [-0.2, -0.15) is 0 Å². The Bertz CT molecular complexity index is 961. The molecule has 31 heavy (non-hydrogen) atoms. The summed E-state index contributed by atoms with van der Waals surface area (Å²) in [7, 11) is 0. The molecule has 164 valence electrons. The fourth-order valence-corrected chi connectivity index (χ4v) is 3.33. The molecule has 0 saturated carbocycles. The molecule has 0 aliphatic carbocycles. The average molecular weight is 430 g/mol. The molecule has 10 heteroatoms. The van der Waals surface area contributed by atoms with Gasteiger partial charge in [-0.05, 0) is 30.7 Å². The number of aromatic nitrogens is 2. The van der Waals surface area contributed by atoms with Crippen molar-refractivity contribution in [1.29, 1.82) is 0 Å². The number of carbonyl (C=O) groups is 1. The fraction of sp³-hybridized carbons (Fsp3) is 0.429. The summed E-state index contributed by atoms with van der Waals surface area (Å²) in [6.07, 6.45) is -0.505. The van der Waals surface area contributed by atoms with Crippen LogP contribution in [0.15, 0.2) is 35.5 Å². The van der Waals surface area contributed by atoms with Crippen LogP contribution in [-0.2, 0) is 20.9 Å². The van der Waals surface area contributed by atoms with Crippen LogP contribution in [0, 0.1) is 12.7 Å². The lowest BCUT2D eigenvalue weighted by molar-refractivity contribution is -0.178. The van der Waals surface area contributed by atoms with Gasteiger partial charge in [-0.15, -0.1) is 0 Å². The molecule has 3 atom stereocenters. The van der Waals surface area contributed by atoms with Gasteiger partial charge in [0, 0.05) is 13.0 Å². The van der Waals surface area contributed by atoms with E-state index in [4.69, 9.17) is 19.4 Å². The maximum Gasteiger partial charge on any atom is 0.270 e. The first-order chi connectivity index (χ1) is 15.0. The van der Waals surface area contributed by atoms with Gasteiger partial charge in [0.05, 0.1) is 25.5 Å². The van der Waals surface area contributed by atoms with E-state index in [0.29, 0.717) is 36.9 Å². The van der Waals surface area contributed by atoms with Gasteiger partial charge in [-0.3, -0.25) is 4.79 Å². The summed E-state index contributed by atoms with van der Waals surface area (Å²) in [5.41, 5.74) is 2.08. The van der Waals surface area contributed by atoms with E-state index in [1.165, 1.54) is 12.1 Å². The number of aliphatic hydroxyl groups is 1. The van der Waals surface area contributed by atoms with Crippen LogP contribution in [0.4, 0.5) is 4.39 Å². The van der Waals surface area contributed by atoms with Gasteiger partial charge < -0.3 is 24.7 Å². The molecule has 9 nitrogen and oxygen atoms in total. The van der Waals surface area contributed by atoms with Crippen LogP contribution in [0.5, 0.6) is 0 Å². The zero-order chi connectivity index (χ0) is 21.8. The molecule has 0 bridgehead atoms. The number of amides is 1. The maximum absolute atomic E-state index is 13.0. The summed E-state index contributed by atoms with van der Waals surface area (Å²) in [4.78, 5) is 26.7. The van der Waals surface area contributed by atoms with Crippen molar-refractivity contribution in [2.75, 3.05) is 19.8 Å². The Balaban J connectivity index is 1.38. The largest absolute Gasteiger partial charge is 0.394 e. The molecule has 4 rings (SSSR count). The summed E-state index contributed by atoms with van der Waals surface area (Å²) >= 11 is 0. The van der Waals surface area contributed by atoms with Crippen LogP contribution in [-0.4, -0.2) is 64.8 Å². The SMILES string of the molecule is Cc1nc(C(=O)NCc2ccc(F)cc2)cc(C2=NO[C@H]([C@H]3CO[C@@H](CO)CO3)C2)n1. The van der Waals surface area contributed by atoms with Crippen molar-refractivity contribution < 1.29 is 28.6 Å². The number of ether oxygens (including phenoxy) is 2. The zero-order valence-electron chi connectivity index (χ0n) is 17.0. The fourth-order valence-electron chi connectivity index (χ4n) is 3.33. The number of halogens is 1. The third-order valence-electron chi connectivity index (χ3n) is 5.04. The zero-order valence-corrected chi connectivity index (χ0v) is 17.0. The van der Waals surface area contributed by atoms with Crippen molar-refractivity contribution in [3.63, 3.8) is 0 Å². The van der Waals surface area contributed by atoms with E-state index in [1.54, 1.807) is 25.1 Å². The molecular formula is C21H23FN4O5. The molecule has 2 N–H and O–H groups in total. The van der Waals surface area contributed by atoms with E-state index in [-0.39, 0.29) is 48.9 Å². The normalized spacial score (nSPS) is 23.2. The van der Waals surface area contributed by atoms with E-state index < -0.39 is 0 Å². The molecule has 0 spiro atoms. The minimum absolute atomic E-state index is 0.0911. The molecule has 0 unspecified atom stereocenters. The first-order valence-corrected chi connectivity index (χ1v) is 9.97. The number of rotatable bonds is 6. The number of nitrogens with one attached hydrogen (secondary N) is 1. The molecule has 3 heterocycles. The third kappa shape index (κ3) is 5.22. The number of oxime groups is 1. The Morgan fingerprint density at radius 1 is 1.19 bits per heavy atom. The van der Waals surface area contributed by atoms with Gasteiger partial charge in [0.25, 0.3) is 5.91 Å². The minimum atomic E-state index is -0.369. The molecule has 1 saturated heterocycles. The summed E-state index contributed by atoms with van der Waals surface area (Å²) in [6.45, 7) is 2.45. The van der Waals surface area contributed by atoms with Gasteiger partial charge in [0.2, 0.25) is 0 Å². The molecule has 1 aromatic heterocycles. The molecule has 1 fully saturated rings. The number of aryl methyl sites for hydroxylation is 1. The summed E-state index contributed by atoms with van der Waals surface area (Å²) in [6, 6.07) is 7.47. The Morgan fingerprint density at radius 3 is 2.71 bits per heavy atom. The molecule has 1 amide bonds. The number of nitrogens with zero attached hydrogens (tertiary/aromatic N) is 3. The van der Waals surface area contributed by atoms with Crippen LogP contribution in [0.2, 0.25) is 0 Å². The van der Waals surface area contributed by atoms with Crippen LogP contribution >= 0.6 is 0 Å². The van der Waals surface area contributed by atoms with Crippen LogP contribution in [0.1, 0.15) is 34.0 Å². The highest BCUT2D eigenvalue weighted by Crippen LogP contribution is 2.23. The van der Waals surface area contributed by atoms with Crippen molar-refractivity contribution in [3.8, 4) is 0 Å². The molecule has 2 aliphatic rings. The molecule has 2 aliphatic heterocycles. The monoisotopic (exact) mass is 430 g/mol. The number of carbonyl (C=O) groups excluding carboxylic acids is 1. The summed E-state index contributed by atoms with van der Waals surface area (Å²) in [5, 5.41) is 16.0. The summed E-state index contributed by atoms with van der Waals surface area (Å²) in [5.74, 6) is -0.271. The number of benzene rings is 1. The van der Waals surface area contributed by atoms with Gasteiger partial charge in [0.15, 0.2) is 6.10 Å². The Kier molecular flexibility index (Phi) is 6.50. The Hall–Kier alpha value is -2.95. The quantitative estimate of drug-likeness (QED) is 0.706. The van der Waals surface area contributed by atoms with E-state index in [0.717, 1.165) is 5.56 Å². The second kappa shape index (κ2) is 9.46. The van der Waals surface area contributed by atoms with Gasteiger partial charge >= 0.3 is 0 Å². The van der Waals surface area contributed by atoms with Gasteiger partial charge in [0.1, 0.15) is 35.3 Å². The van der Waals surface area contributed by atoms with E-state index in [1.807, 2.05) is 0 Å². The highest BCUT2D eigenvalue weighted by atomic mass is 19.1. The van der Waals surface area contributed by atoms with Crippen molar-refractivity contribution >= 4 is 11.6 Å². The molecule has 2 aromatic rings.